The number of carbonyl (C=O) groups is 1. The smallest absolute Gasteiger partial charge is 0.251 e. The average Bonchev–Trinajstić information content (AvgIpc) is 3.11. The van der Waals surface area contributed by atoms with Gasteiger partial charge in [-0.3, -0.25) is 9.69 Å². The van der Waals surface area contributed by atoms with Crippen molar-refractivity contribution in [2.45, 2.75) is 51.5 Å². The Labute approximate surface area is 185 Å². The van der Waals surface area contributed by atoms with Crippen LogP contribution in [0.5, 0.6) is 5.75 Å². The molecule has 1 aromatic heterocycles. The van der Waals surface area contributed by atoms with Gasteiger partial charge in [0.05, 0.1) is 12.6 Å². The fraction of sp³-hybridized carbons (Fsp3) is 0.522. The number of halogens is 1. The first-order valence-corrected chi connectivity index (χ1v) is 11.4. The lowest BCUT2D eigenvalue weighted by atomic mass is 10.1. The Morgan fingerprint density at radius 3 is 2.48 bits per heavy atom. The number of benzene rings is 1. The number of rotatable bonds is 9. The van der Waals surface area contributed by atoms with Crippen molar-refractivity contribution >= 4 is 29.7 Å². The molecule has 1 saturated heterocycles. The summed E-state index contributed by atoms with van der Waals surface area (Å²) in [6.07, 6.45) is 7.27. The van der Waals surface area contributed by atoms with Crippen LogP contribution in [-0.4, -0.2) is 37.0 Å². The lowest BCUT2D eigenvalue weighted by molar-refractivity contribution is 0.0934. The molecule has 0 spiro atoms. The van der Waals surface area contributed by atoms with Gasteiger partial charge in [0.25, 0.3) is 5.91 Å². The van der Waals surface area contributed by atoms with Gasteiger partial charge in [0.2, 0.25) is 0 Å². The van der Waals surface area contributed by atoms with E-state index in [1.165, 1.54) is 30.6 Å². The van der Waals surface area contributed by atoms with Crippen molar-refractivity contribution in [1.29, 1.82) is 0 Å². The molecule has 2 aromatic rings. The zero-order valence-electron chi connectivity index (χ0n) is 17.3. The van der Waals surface area contributed by atoms with Crippen molar-refractivity contribution in [3.63, 3.8) is 0 Å². The van der Waals surface area contributed by atoms with Crippen LogP contribution in [0.2, 0.25) is 0 Å². The summed E-state index contributed by atoms with van der Waals surface area (Å²) in [5, 5.41) is 5.29. The summed E-state index contributed by atoms with van der Waals surface area (Å²) in [5.74, 6) is 0.808. The van der Waals surface area contributed by atoms with Crippen molar-refractivity contribution < 1.29 is 9.53 Å². The van der Waals surface area contributed by atoms with Gasteiger partial charge in [-0.05, 0) is 68.1 Å². The van der Waals surface area contributed by atoms with E-state index in [-0.39, 0.29) is 24.4 Å². The molecule has 1 fully saturated rings. The van der Waals surface area contributed by atoms with Gasteiger partial charge in [0, 0.05) is 17.0 Å². The monoisotopic (exact) mass is 436 g/mol. The van der Waals surface area contributed by atoms with Crippen LogP contribution in [0, 0.1) is 0 Å². The lowest BCUT2D eigenvalue weighted by Gasteiger charge is -2.30. The number of amides is 1. The summed E-state index contributed by atoms with van der Waals surface area (Å²) < 4.78 is 5.68. The van der Waals surface area contributed by atoms with Gasteiger partial charge in [-0.15, -0.1) is 23.7 Å². The second-order valence-electron chi connectivity index (χ2n) is 7.42. The van der Waals surface area contributed by atoms with E-state index in [4.69, 9.17) is 4.74 Å². The second-order valence-corrected chi connectivity index (χ2v) is 8.40. The minimum atomic E-state index is -0.0171. The molecule has 1 N–H and O–H groups in total. The highest BCUT2D eigenvalue weighted by atomic mass is 35.5. The van der Waals surface area contributed by atoms with Crippen molar-refractivity contribution in [1.82, 2.24) is 10.2 Å². The summed E-state index contributed by atoms with van der Waals surface area (Å²) in [5.41, 5.74) is 0.684. The number of likely N-dealkylation sites (tertiary alicyclic amines) is 1. The summed E-state index contributed by atoms with van der Waals surface area (Å²) in [7, 11) is 0. The van der Waals surface area contributed by atoms with Crippen molar-refractivity contribution in [3.8, 4) is 5.75 Å². The number of unbranched alkanes of at least 4 members (excludes halogenated alkanes) is 1. The highest BCUT2D eigenvalue weighted by Gasteiger charge is 2.23. The second kappa shape index (κ2) is 12.9. The molecular weight excluding hydrogens is 404 g/mol. The highest BCUT2D eigenvalue weighted by molar-refractivity contribution is 7.10. The SMILES string of the molecule is CCCCOc1ccc(C(=O)NCC(c2cccs2)N2CCCCCC2)cc1.Cl. The quantitative estimate of drug-likeness (QED) is 0.513. The maximum absolute atomic E-state index is 12.7. The molecule has 0 radical (unpaired) electrons. The van der Waals surface area contributed by atoms with E-state index in [9.17, 15) is 4.79 Å². The lowest BCUT2D eigenvalue weighted by Crippen LogP contribution is -2.38. The first kappa shape index (κ1) is 23.7. The summed E-state index contributed by atoms with van der Waals surface area (Å²) >= 11 is 1.78. The predicted molar refractivity (Wildman–Crippen MR) is 124 cm³/mol. The standard InChI is InChI=1S/C23H32N2O2S.ClH/c1-2-3-16-27-20-12-10-19(11-13-20)23(26)24-18-21(22-9-8-17-28-22)25-14-6-4-5-7-15-25;/h8-13,17,21H,2-7,14-16,18H2,1H3,(H,24,26);1H. The molecule has 2 heterocycles. The van der Waals surface area contributed by atoms with Crippen LogP contribution in [-0.2, 0) is 0 Å². The Morgan fingerprint density at radius 1 is 1.14 bits per heavy atom. The molecule has 1 aliphatic rings. The zero-order valence-corrected chi connectivity index (χ0v) is 18.9. The number of thiophene rings is 1. The molecule has 0 bridgehead atoms. The normalized spacial score (nSPS) is 15.8. The van der Waals surface area contributed by atoms with Crippen molar-refractivity contribution in [3.05, 3.63) is 52.2 Å². The van der Waals surface area contributed by atoms with Gasteiger partial charge in [0.1, 0.15) is 5.75 Å². The fourth-order valence-electron chi connectivity index (χ4n) is 3.63. The van der Waals surface area contributed by atoms with Crippen LogP contribution < -0.4 is 10.1 Å². The molecule has 160 valence electrons. The number of hydrogen-bond donors (Lipinski definition) is 1. The Hall–Kier alpha value is -1.56. The number of hydrogen-bond acceptors (Lipinski definition) is 4. The van der Waals surface area contributed by atoms with E-state index in [2.05, 4.69) is 34.7 Å². The number of ether oxygens (including phenoxy) is 1. The first-order chi connectivity index (χ1) is 13.8. The van der Waals surface area contributed by atoms with E-state index in [1.807, 2.05) is 24.3 Å². The molecule has 0 aliphatic carbocycles. The average molecular weight is 437 g/mol. The number of carbonyl (C=O) groups excluding carboxylic acids is 1. The topological polar surface area (TPSA) is 41.6 Å². The van der Waals surface area contributed by atoms with Crippen LogP contribution in [0.3, 0.4) is 0 Å². The maximum atomic E-state index is 12.7. The van der Waals surface area contributed by atoms with E-state index in [1.54, 1.807) is 11.3 Å². The summed E-state index contributed by atoms with van der Waals surface area (Å²) in [6.45, 7) is 5.74. The summed E-state index contributed by atoms with van der Waals surface area (Å²) in [4.78, 5) is 16.6. The van der Waals surface area contributed by atoms with Crippen LogP contribution >= 0.6 is 23.7 Å². The highest BCUT2D eigenvalue weighted by Crippen LogP contribution is 2.27. The Kier molecular flexibility index (Phi) is 10.5. The molecule has 1 aromatic carbocycles. The molecule has 1 atom stereocenters. The molecule has 0 saturated carbocycles. The predicted octanol–water partition coefficient (Wildman–Crippen LogP) is 5.70. The zero-order chi connectivity index (χ0) is 19.6. The van der Waals surface area contributed by atoms with Crippen LogP contribution in [0.4, 0.5) is 0 Å². The van der Waals surface area contributed by atoms with Crippen LogP contribution in [0.25, 0.3) is 0 Å². The molecule has 1 aliphatic heterocycles. The van der Waals surface area contributed by atoms with Gasteiger partial charge < -0.3 is 10.1 Å². The van der Waals surface area contributed by atoms with Gasteiger partial charge in [-0.2, -0.15) is 0 Å². The minimum absolute atomic E-state index is 0. The molecular formula is C23H33ClN2O2S. The largest absolute Gasteiger partial charge is 0.494 e. The third-order valence-electron chi connectivity index (χ3n) is 5.29. The Balaban J connectivity index is 0.00000300. The third kappa shape index (κ3) is 7.32. The minimum Gasteiger partial charge on any atom is -0.494 e. The van der Waals surface area contributed by atoms with Gasteiger partial charge in [0.15, 0.2) is 0 Å². The van der Waals surface area contributed by atoms with Gasteiger partial charge in [-0.25, -0.2) is 0 Å². The van der Waals surface area contributed by atoms with Crippen molar-refractivity contribution in [2.24, 2.45) is 0 Å². The summed E-state index contributed by atoms with van der Waals surface area (Å²) in [6, 6.07) is 12.0. The Bertz CT molecular complexity index is 698. The molecule has 4 nitrogen and oxygen atoms in total. The molecule has 1 unspecified atom stereocenters. The third-order valence-corrected chi connectivity index (χ3v) is 6.27. The van der Waals surface area contributed by atoms with Gasteiger partial charge in [-0.1, -0.05) is 32.3 Å². The molecule has 3 rings (SSSR count). The Morgan fingerprint density at radius 2 is 1.86 bits per heavy atom. The van der Waals surface area contributed by atoms with Crippen LogP contribution in [0.1, 0.15) is 66.7 Å². The van der Waals surface area contributed by atoms with E-state index in [0.717, 1.165) is 38.3 Å². The fourth-order valence-corrected chi connectivity index (χ4v) is 4.49. The maximum Gasteiger partial charge on any atom is 0.251 e. The molecule has 29 heavy (non-hydrogen) atoms. The van der Waals surface area contributed by atoms with E-state index >= 15 is 0 Å². The molecule has 6 heteroatoms. The number of nitrogens with one attached hydrogen (secondary N) is 1. The van der Waals surface area contributed by atoms with Crippen molar-refractivity contribution in [2.75, 3.05) is 26.2 Å². The molecule has 1 amide bonds. The number of nitrogens with zero attached hydrogens (tertiary/aromatic N) is 1. The van der Waals surface area contributed by atoms with E-state index in [0.29, 0.717) is 12.1 Å². The van der Waals surface area contributed by atoms with E-state index < -0.39 is 0 Å². The van der Waals surface area contributed by atoms with Crippen LogP contribution in [0.15, 0.2) is 41.8 Å². The first-order valence-electron chi connectivity index (χ1n) is 10.6. The van der Waals surface area contributed by atoms with Gasteiger partial charge >= 0.3 is 0 Å².